The van der Waals surface area contributed by atoms with Crippen molar-refractivity contribution in [1.29, 1.82) is 0 Å². The van der Waals surface area contributed by atoms with Crippen molar-refractivity contribution in [2.75, 3.05) is 69.4 Å². The minimum Gasteiger partial charge on any atom is -0.427 e. The lowest BCUT2D eigenvalue weighted by Crippen LogP contribution is -2.34. The molecule has 6 saturated carbocycles. The standard InChI is InChI=1S/C35H53N5O3Si2.C32H48BrN5O3Si2.C3H7BO2.CH4S/c1-44(2,3)15-13-42-23-39(24-43-14-16-45(4,5)6)35-32(27-9-10-27)33(29-18-25-7-8-26(17-25)19-29)38-34-31(21-37-40(34)35)28-11-12-30(22-41)36-20-28;1-42(2,3)13-11-40-21-37(22-41-12-14-43(4,5)6)32-29(33)30(26-16-23-7-8-24(15-23)17-26)36-31-28(19-35-38(31)32)25-9-10-27(20-39)34-18-25;5-4(6)3-1-2-3;1-2/h11-12,20-22,25-27,29H,7-10,13-19,23-24H2,1-6H3;9-10,18-20,23-24,26H,7-8,11-17,21-22H2,1-6H3;3,5-6H,1-2H2;2H,1H3/t25-,26+,29?;23-,24+,26?;;. The van der Waals surface area contributed by atoms with Crippen LogP contribution in [0, 0.1) is 23.7 Å². The number of aldehydes is 2. The van der Waals surface area contributed by atoms with Gasteiger partial charge in [0, 0.05) is 111 Å². The molecule has 12 rings (SSSR count). The van der Waals surface area contributed by atoms with E-state index in [4.69, 9.17) is 49.2 Å². The Kier molecular flexibility index (Phi) is 27.1. The van der Waals surface area contributed by atoms with Crippen molar-refractivity contribution < 1.29 is 38.6 Å². The van der Waals surface area contributed by atoms with Crippen LogP contribution in [-0.2, 0) is 18.9 Å². The van der Waals surface area contributed by atoms with Crippen molar-refractivity contribution in [2.45, 2.75) is 216 Å². The van der Waals surface area contributed by atoms with Gasteiger partial charge in [0.25, 0.3) is 0 Å². The van der Waals surface area contributed by atoms with Gasteiger partial charge in [-0.1, -0.05) is 129 Å². The summed E-state index contributed by atoms with van der Waals surface area (Å²) < 4.78 is 30.6. The molecule has 0 amide bonds. The lowest BCUT2D eigenvalue weighted by Gasteiger charge is -2.33. The van der Waals surface area contributed by atoms with Gasteiger partial charge < -0.3 is 38.8 Å². The van der Waals surface area contributed by atoms with Crippen molar-refractivity contribution >= 4 is 103 Å². The minimum absolute atomic E-state index is 0.213. The lowest BCUT2D eigenvalue weighted by molar-refractivity contribution is 0.0939. The van der Waals surface area contributed by atoms with Crippen molar-refractivity contribution in [3.05, 3.63) is 81.9 Å². The number of nitrogens with zero attached hydrogens (tertiary/aromatic N) is 10. The number of hydrogen-bond acceptors (Lipinski definition) is 17. The molecule has 0 radical (unpaired) electrons. The van der Waals surface area contributed by atoms with E-state index in [1.807, 2.05) is 29.0 Å². The van der Waals surface area contributed by atoms with Crippen LogP contribution in [0.25, 0.3) is 33.5 Å². The number of carbonyl (C=O) groups excluding carboxylic acids is 2. The number of fused-ring (bicyclic) bond motifs is 6. The summed E-state index contributed by atoms with van der Waals surface area (Å²) in [5, 5.41) is 26.4. The Hall–Kier alpha value is -4.00. The summed E-state index contributed by atoms with van der Waals surface area (Å²) in [4.78, 5) is 46.7. The van der Waals surface area contributed by atoms with E-state index in [0.717, 1.165) is 155 Å². The zero-order valence-electron chi connectivity index (χ0n) is 60.0. The molecule has 6 aliphatic rings. The Balaban J connectivity index is 0.000000202. The van der Waals surface area contributed by atoms with E-state index in [2.05, 4.69) is 131 Å². The first-order valence-corrected chi connectivity index (χ1v) is 52.2. The lowest BCUT2D eigenvalue weighted by atomic mass is 9.78. The van der Waals surface area contributed by atoms with Gasteiger partial charge in [-0.05, 0) is 145 Å². The van der Waals surface area contributed by atoms with Gasteiger partial charge in [-0.15, -0.1) is 0 Å². The Morgan fingerprint density at radius 3 is 1.20 bits per heavy atom. The van der Waals surface area contributed by atoms with Gasteiger partial charge in [0.2, 0.25) is 0 Å². The second-order valence-electron chi connectivity index (χ2n) is 33.1. The topological polar surface area (TPSA) is 204 Å². The Bertz CT molecular complexity index is 3420. The van der Waals surface area contributed by atoms with Crippen molar-refractivity contribution in [3.63, 3.8) is 0 Å². The fourth-order valence-electron chi connectivity index (χ4n) is 14.0. The first kappa shape index (κ1) is 76.2. The highest BCUT2D eigenvalue weighted by atomic mass is 79.9. The molecule has 18 nitrogen and oxygen atoms in total. The molecule has 0 aromatic carbocycles. The summed E-state index contributed by atoms with van der Waals surface area (Å²) in [5.74, 6) is 6.80. The fraction of sp³-hybridized carbons (Fsp3) is 0.662. The molecule has 6 aliphatic carbocycles. The van der Waals surface area contributed by atoms with E-state index < -0.39 is 39.4 Å². The molecule has 0 saturated heterocycles. The number of aromatic nitrogens is 8. The molecule has 6 atom stereocenters. The van der Waals surface area contributed by atoms with Crippen molar-refractivity contribution in [3.8, 4) is 22.3 Å². The number of hydrogen-bond donors (Lipinski definition) is 3. The van der Waals surface area contributed by atoms with E-state index >= 15 is 0 Å². The van der Waals surface area contributed by atoms with Crippen LogP contribution >= 0.6 is 28.6 Å². The zero-order valence-corrected chi connectivity index (χ0v) is 66.5. The summed E-state index contributed by atoms with van der Waals surface area (Å²) in [6.45, 7) is 33.4. The van der Waals surface area contributed by atoms with E-state index in [9.17, 15) is 9.59 Å². The van der Waals surface area contributed by atoms with Gasteiger partial charge in [0.1, 0.15) is 44.1 Å². The maximum atomic E-state index is 11.3. The van der Waals surface area contributed by atoms with E-state index in [1.54, 1.807) is 30.8 Å². The highest BCUT2D eigenvalue weighted by molar-refractivity contribution is 9.10. The van der Waals surface area contributed by atoms with Crippen LogP contribution in [0.1, 0.15) is 146 Å². The molecule has 526 valence electrons. The maximum Gasteiger partial charge on any atom is 0.454 e. The van der Waals surface area contributed by atoms with Crippen molar-refractivity contribution in [1.82, 2.24) is 39.2 Å². The Morgan fingerprint density at radius 2 is 0.875 bits per heavy atom. The normalized spacial score (nSPS) is 20.8. The van der Waals surface area contributed by atoms with Crippen LogP contribution in [0.3, 0.4) is 0 Å². The summed E-state index contributed by atoms with van der Waals surface area (Å²) in [5.41, 5.74) is 9.91. The highest BCUT2D eigenvalue weighted by Gasteiger charge is 2.42. The second-order valence-corrected chi connectivity index (χ2v) is 56.3. The van der Waals surface area contributed by atoms with E-state index in [1.165, 1.54) is 88.3 Å². The largest absolute Gasteiger partial charge is 0.454 e. The summed E-state index contributed by atoms with van der Waals surface area (Å²) in [6.07, 6.45) is 27.9. The van der Waals surface area contributed by atoms with Crippen LogP contribution in [0.2, 0.25) is 109 Å². The van der Waals surface area contributed by atoms with Crippen LogP contribution in [-0.4, -0.2) is 161 Å². The molecule has 6 heterocycles. The number of thiol groups is 1. The van der Waals surface area contributed by atoms with E-state index in [0.29, 0.717) is 56.1 Å². The van der Waals surface area contributed by atoms with Crippen LogP contribution < -0.4 is 9.80 Å². The third kappa shape index (κ3) is 21.5. The average Bonchev–Trinajstić information content (AvgIpc) is 1.53. The Labute approximate surface area is 590 Å². The average molecular weight is 1470 g/mol. The molecule has 6 aromatic rings. The molecule has 0 spiro atoms. The first-order chi connectivity index (χ1) is 45.7. The molecule has 25 heteroatoms. The first-order valence-electron chi connectivity index (χ1n) is 35.6. The molecular weight excluding hydrogens is 1360 g/mol. The van der Waals surface area contributed by atoms with Crippen molar-refractivity contribution in [2.24, 2.45) is 23.7 Å². The predicted octanol–water partition coefficient (Wildman–Crippen LogP) is 16.5. The molecule has 2 N–H and O–H groups in total. The number of pyridine rings is 2. The second kappa shape index (κ2) is 34.1. The molecular formula is C71H112BBrN10O8SSi4. The molecule has 6 fully saturated rings. The summed E-state index contributed by atoms with van der Waals surface area (Å²) in [6, 6.07) is 11.9. The Morgan fingerprint density at radius 1 is 0.510 bits per heavy atom. The van der Waals surface area contributed by atoms with Gasteiger partial charge in [-0.3, -0.25) is 19.6 Å². The van der Waals surface area contributed by atoms with Crippen LogP contribution in [0.15, 0.2) is 53.5 Å². The maximum absolute atomic E-state index is 11.3. The predicted molar refractivity (Wildman–Crippen MR) is 407 cm³/mol. The number of halogens is 1. The molecule has 4 bridgehead atoms. The molecule has 6 aromatic heterocycles. The third-order valence-electron chi connectivity index (χ3n) is 19.9. The SMILES string of the molecule is CS.C[Si](C)(C)CCOCN(COCC[Si](C)(C)C)c1c(Br)c(C2C[C@H]3CC[C@@H](C2)C3)nc2c(-c3ccc(C=O)nc3)cnn12.C[Si](C)(C)CCOCN(COCC[Si](C)(C)C)c1c(C2CC2)c(C2C[C@H]3CC[C@@H](C2)C3)nc2c(-c3ccc(C=O)nc3)cnn12.OB(O)C1CC1. The summed E-state index contributed by atoms with van der Waals surface area (Å²) >= 11 is 7.58. The van der Waals surface area contributed by atoms with Gasteiger partial charge in [-0.25, -0.2) is 9.97 Å². The fourth-order valence-corrected chi connectivity index (χ4v) is 17.8. The smallest absolute Gasteiger partial charge is 0.427 e. The number of ether oxygens (including phenoxy) is 4. The van der Waals surface area contributed by atoms with Crippen LogP contribution in [0.5, 0.6) is 0 Å². The molecule has 96 heavy (non-hydrogen) atoms. The monoisotopic (exact) mass is 1470 g/mol. The summed E-state index contributed by atoms with van der Waals surface area (Å²) in [7, 11) is -5.95. The third-order valence-corrected chi connectivity index (χ3v) is 27.4. The van der Waals surface area contributed by atoms with Gasteiger partial charge in [0.15, 0.2) is 29.7 Å². The number of rotatable bonds is 30. The zero-order chi connectivity index (χ0) is 69.1. The highest BCUT2D eigenvalue weighted by Crippen LogP contribution is 2.54. The minimum atomic E-state index is -1.23. The van der Waals surface area contributed by atoms with Gasteiger partial charge in [-0.2, -0.15) is 31.9 Å². The quantitative estimate of drug-likeness (QED) is 0.0126. The number of anilines is 2. The van der Waals surface area contributed by atoms with Gasteiger partial charge in [0.05, 0.1) is 28.3 Å². The number of carbonyl (C=O) groups is 2. The molecule has 2 unspecified atom stereocenters. The molecule has 0 aliphatic heterocycles. The van der Waals surface area contributed by atoms with Crippen LogP contribution in [0.4, 0.5) is 11.6 Å². The van der Waals surface area contributed by atoms with Gasteiger partial charge >= 0.3 is 7.12 Å². The van der Waals surface area contributed by atoms with E-state index in [-0.39, 0.29) is 5.82 Å².